The molecular formula is C23H29NO2. The van der Waals surface area contributed by atoms with Gasteiger partial charge in [-0.25, -0.2) is 0 Å². The minimum atomic E-state index is -1.07. The molecule has 2 atom stereocenters. The molecule has 0 spiro atoms. The maximum absolute atomic E-state index is 12.1. The summed E-state index contributed by atoms with van der Waals surface area (Å²) in [5, 5.41) is 22.1. The molecule has 26 heavy (non-hydrogen) atoms. The smallest absolute Gasteiger partial charge is 0.115 e. The van der Waals surface area contributed by atoms with Crippen molar-refractivity contribution < 1.29 is 10.2 Å². The van der Waals surface area contributed by atoms with Crippen LogP contribution in [0, 0.1) is 5.92 Å². The summed E-state index contributed by atoms with van der Waals surface area (Å²) in [4.78, 5) is 2.14. The third-order valence-corrected chi connectivity index (χ3v) is 5.34. The predicted octanol–water partition coefficient (Wildman–Crippen LogP) is 4.42. The van der Waals surface area contributed by atoms with Crippen LogP contribution in [0.15, 0.2) is 60.2 Å². The number of hydrogen-bond acceptors (Lipinski definition) is 3. The van der Waals surface area contributed by atoms with Gasteiger partial charge in [-0.15, -0.1) is 0 Å². The van der Waals surface area contributed by atoms with Crippen LogP contribution < -0.4 is 0 Å². The van der Waals surface area contributed by atoms with E-state index in [1.807, 2.05) is 44.4 Å². The lowest BCUT2D eigenvalue weighted by atomic mass is 9.74. The maximum Gasteiger partial charge on any atom is 0.115 e. The van der Waals surface area contributed by atoms with Gasteiger partial charge >= 0.3 is 0 Å². The van der Waals surface area contributed by atoms with E-state index in [0.717, 1.165) is 48.9 Å². The van der Waals surface area contributed by atoms with Crippen LogP contribution in [0.2, 0.25) is 0 Å². The first kappa shape index (κ1) is 18.7. The second-order valence-corrected chi connectivity index (χ2v) is 7.60. The van der Waals surface area contributed by atoms with Crippen LogP contribution in [0.3, 0.4) is 0 Å². The van der Waals surface area contributed by atoms with Gasteiger partial charge in [0, 0.05) is 12.5 Å². The summed E-state index contributed by atoms with van der Waals surface area (Å²) in [5.41, 5.74) is 1.86. The summed E-state index contributed by atoms with van der Waals surface area (Å²) in [7, 11) is 4.10. The van der Waals surface area contributed by atoms with E-state index in [2.05, 4.69) is 23.1 Å². The van der Waals surface area contributed by atoms with Gasteiger partial charge in [0.25, 0.3) is 0 Å². The first-order valence-electron chi connectivity index (χ1n) is 9.43. The topological polar surface area (TPSA) is 43.7 Å². The first-order chi connectivity index (χ1) is 12.5. The highest BCUT2D eigenvalue weighted by molar-refractivity contribution is 5.57. The Kier molecular flexibility index (Phi) is 5.80. The summed E-state index contributed by atoms with van der Waals surface area (Å²) in [6, 6.07) is 17.3. The van der Waals surface area contributed by atoms with Crippen molar-refractivity contribution in [1.29, 1.82) is 0 Å². The summed E-state index contributed by atoms with van der Waals surface area (Å²) >= 11 is 0. The highest BCUT2D eigenvalue weighted by Crippen LogP contribution is 2.45. The summed E-state index contributed by atoms with van der Waals surface area (Å²) in [5.74, 6) is 0.277. The van der Waals surface area contributed by atoms with Gasteiger partial charge in [0.1, 0.15) is 11.4 Å². The summed E-state index contributed by atoms with van der Waals surface area (Å²) < 4.78 is 0. The van der Waals surface area contributed by atoms with Crippen molar-refractivity contribution >= 4 is 6.08 Å². The molecule has 1 saturated carbocycles. The quantitative estimate of drug-likeness (QED) is 0.802. The fourth-order valence-electron chi connectivity index (χ4n) is 4.13. The Morgan fingerprint density at radius 2 is 1.85 bits per heavy atom. The van der Waals surface area contributed by atoms with Crippen LogP contribution in [0.5, 0.6) is 5.75 Å². The fraction of sp³-hybridized carbons (Fsp3) is 0.391. The van der Waals surface area contributed by atoms with Gasteiger partial charge in [0.05, 0.1) is 0 Å². The average molecular weight is 351 g/mol. The molecule has 0 saturated heterocycles. The second-order valence-electron chi connectivity index (χ2n) is 7.60. The molecular weight excluding hydrogens is 322 g/mol. The van der Waals surface area contributed by atoms with E-state index in [1.165, 1.54) is 0 Å². The van der Waals surface area contributed by atoms with E-state index < -0.39 is 5.60 Å². The molecule has 3 heteroatoms. The number of aliphatic hydroxyl groups is 1. The lowest BCUT2D eigenvalue weighted by molar-refractivity contribution is 0.000333. The summed E-state index contributed by atoms with van der Waals surface area (Å²) in [6.07, 6.45) is 6.15. The molecule has 0 amide bonds. The molecule has 3 rings (SSSR count). The number of phenolic OH excluding ortho intramolecular Hbond substituents is 1. The van der Waals surface area contributed by atoms with Crippen LogP contribution >= 0.6 is 0 Å². The minimum Gasteiger partial charge on any atom is -0.508 e. The van der Waals surface area contributed by atoms with E-state index in [-0.39, 0.29) is 11.7 Å². The van der Waals surface area contributed by atoms with Gasteiger partial charge in [-0.3, -0.25) is 0 Å². The van der Waals surface area contributed by atoms with E-state index >= 15 is 0 Å². The Hall–Kier alpha value is -2.10. The SMILES string of the molecule is CN(C)CC1CCCC/C(=C/c2ccccc2)C1(O)c1cccc(O)c1. The third kappa shape index (κ3) is 4.00. The minimum absolute atomic E-state index is 0.0803. The second kappa shape index (κ2) is 8.07. The average Bonchev–Trinajstić information content (AvgIpc) is 2.77. The predicted molar refractivity (Wildman–Crippen MR) is 107 cm³/mol. The number of rotatable bonds is 4. The number of phenols is 1. The lowest BCUT2D eigenvalue weighted by Gasteiger charge is -2.39. The van der Waals surface area contributed by atoms with Gasteiger partial charge in [-0.05, 0) is 62.2 Å². The first-order valence-corrected chi connectivity index (χ1v) is 9.43. The monoisotopic (exact) mass is 351 g/mol. The Labute approximate surface area is 156 Å². The largest absolute Gasteiger partial charge is 0.508 e. The molecule has 3 nitrogen and oxygen atoms in total. The van der Waals surface area contributed by atoms with E-state index in [0.29, 0.717) is 0 Å². The molecule has 2 aromatic rings. The van der Waals surface area contributed by atoms with Crippen molar-refractivity contribution in [2.75, 3.05) is 20.6 Å². The molecule has 2 unspecified atom stereocenters. The zero-order valence-corrected chi connectivity index (χ0v) is 15.7. The van der Waals surface area contributed by atoms with Crippen molar-refractivity contribution in [1.82, 2.24) is 4.90 Å². The molecule has 138 valence electrons. The van der Waals surface area contributed by atoms with Gasteiger partial charge < -0.3 is 15.1 Å². The number of aromatic hydroxyl groups is 1. The molecule has 0 radical (unpaired) electrons. The van der Waals surface area contributed by atoms with Crippen LogP contribution in [-0.2, 0) is 5.60 Å². The highest BCUT2D eigenvalue weighted by atomic mass is 16.3. The summed E-state index contributed by atoms with van der Waals surface area (Å²) in [6.45, 7) is 0.804. The van der Waals surface area contributed by atoms with Gasteiger partial charge in [-0.2, -0.15) is 0 Å². The number of benzene rings is 2. The Morgan fingerprint density at radius 3 is 2.54 bits per heavy atom. The molecule has 0 bridgehead atoms. The van der Waals surface area contributed by atoms with Crippen molar-refractivity contribution in [3.05, 3.63) is 71.3 Å². The lowest BCUT2D eigenvalue weighted by Crippen LogP contribution is -2.41. The van der Waals surface area contributed by atoms with Gasteiger partial charge in [0.15, 0.2) is 0 Å². The van der Waals surface area contributed by atoms with E-state index in [9.17, 15) is 10.2 Å². The molecule has 1 aliphatic carbocycles. The Balaban J connectivity index is 2.14. The molecule has 1 fully saturated rings. The maximum atomic E-state index is 12.1. The Morgan fingerprint density at radius 1 is 1.08 bits per heavy atom. The zero-order chi connectivity index (χ0) is 18.6. The van der Waals surface area contributed by atoms with E-state index in [4.69, 9.17) is 0 Å². The molecule has 1 aliphatic rings. The number of hydrogen-bond donors (Lipinski definition) is 2. The molecule has 0 heterocycles. The molecule has 2 aromatic carbocycles. The third-order valence-electron chi connectivity index (χ3n) is 5.34. The highest BCUT2D eigenvalue weighted by Gasteiger charge is 2.43. The zero-order valence-electron chi connectivity index (χ0n) is 15.7. The van der Waals surface area contributed by atoms with Crippen LogP contribution in [0.25, 0.3) is 6.08 Å². The van der Waals surface area contributed by atoms with Crippen molar-refractivity contribution in [2.45, 2.75) is 31.3 Å². The molecule has 0 aliphatic heterocycles. The van der Waals surface area contributed by atoms with Crippen LogP contribution in [0.1, 0.15) is 36.8 Å². The van der Waals surface area contributed by atoms with Crippen molar-refractivity contribution in [3.63, 3.8) is 0 Å². The van der Waals surface area contributed by atoms with E-state index in [1.54, 1.807) is 12.1 Å². The normalized spacial score (nSPS) is 25.4. The van der Waals surface area contributed by atoms with Gasteiger partial charge in [-0.1, -0.05) is 55.0 Å². The van der Waals surface area contributed by atoms with Crippen LogP contribution in [-0.4, -0.2) is 35.8 Å². The fourth-order valence-corrected chi connectivity index (χ4v) is 4.13. The standard InChI is InChI=1S/C23H29NO2/c1-24(2)17-21-12-7-6-11-19(15-18-9-4-3-5-10-18)23(21,26)20-13-8-14-22(25)16-20/h3-5,8-10,13-16,21,25-26H,6-7,11-12,17H2,1-2H3/b19-15-. The van der Waals surface area contributed by atoms with Crippen molar-refractivity contribution in [3.8, 4) is 5.75 Å². The molecule has 2 N–H and O–H groups in total. The van der Waals surface area contributed by atoms with Crippen LogP contribution in [0.4, 0.5) is 0 Å². The van der Waals surface area contributed by atoms with Crippen molar-refractivity contribution in [2.24, 2.45) is 5.92 Å². The Bertz CT molecular complexity index is 754. The number of nitrogens with zero attached hydrogens (tertiary/aromatic N) is 1. The van der Waals surface area contributed by atoms with Gasteiger partial charge in [0.2, 0.25) is 0 Å². The molecule has 0 aromatic heterocycles.